The van der Waals surface area contributed by atoms with Gasteiger partial charge in [0, 0.05) is 41.2 Å². The molecule has 29 heavy (non-hydrogen) atoms. The Balaban J connectivity index is 1.32. The summed E-state index contributed by atoms with van der Waals surface area (Å²) in [5.74, 6) is 3.14. The van der Waals surface area contributed by atoms with Gasteiger partial charge in [0.25, 0.3) is 0 Å². The quantitative estimate of drug-likeness (QED) is 0.423. The first kappa shape index (κ1) is 18.1. The van der Waals surface area contributed by atoms with Crippen molar-refractivity contribution in [3.8, 4) is 33.5 Å². The number of benzene rings is 1. The van der Waals surface area contributed by atoms with Gasteiger partial charge in [-0.25, -0.2) is 4.98 Å². The van der Waals surface area contributed by atoms with E-state index in [2.05, 4.69) is 32.1 Å². The highest BCUT2D eigenvalue weighted by atomic mass is 32.2. The van der Waals surface area contributed by atoms with E-state index in [1.165, 1.54) is 0 Å². The maximum absolute atomic E-state index is 5.47. The summed E-state index contributed by atoms with van der Waals surface area (Å²) >= 11 is 3.27. The predicted molar refractivity (Wildman–Crippen MR) is 112 cm³/mol. The molecular formula is C20H17N5O2S2. The molecule has 0 saturated heterocycles. The van der Waals surface area contributed by atoms with Gasteiger partial charge in [-0.2, -0.15) is 0 Å². The minimum absolute atomic E-state index is 0.276. The van der Waals surface area contributed by atoms with Gasteiger partial charge in [0.2, 0.25) is 6.79 Å². The van der Waals surface area contributed by atoms with Crippen molar-refractivity contribution in [2.24, 2.45) is 0 Å². The van der Waals surface area contributed by atoms with E-state index >= 15 is 0 Å². The molecule has 0 aliphatic carbocycles. The molecule has 1 aliphatic heterocycles. The van der Waals surface area contributed by atoms with Crippen LogP contribution in [0.25, 0.3) is 22.0 Å². The molecule has 3 aromatic heterocycles. The number of nitrogens with zero attached hydrogens (tertiary/aromatic N) is 5. The van der Waals surface area contributed by atoms with E-state index < -0.39 is 0 Å². The van der Waals surface area contributed by atoms with Gasteiger partial charge in [-0.15, -0.1) is 21.5 Å². The molecule has 4 aromatic rings. The van der Waals surface area contributed by atoms with Crippen molar-refractivity contribution in [3.63, 3.8) is 0 Å². The van der Waals surface area contributed by atoms with Gasteiger partial charge in [-0.3, -0.25) is 4.98 Å². The molecule has 0 bridgehead atoms. The van der Waals surface area contributed by atoms with Crippen molar-refractivity contribution in [3.05, 3.63) is 53.8 Å². The van der Waals surface area contributed by atoms with Crippen LogP contribution in [0, 0.1) is 0 Å². The molecule has 0 N–H and O–H groups in total. The Morgan fingerprint density at radius 3 is 2.79 bits per heavy atom. The van der Waals surface area contributed by atoms with Crippen molar-refractivity contribution < 1.29 is 9.47 Å². The van der Waals surface area contributed by atoms with Crippen LogP contribution in [0.15, 0.2) is 53.3 Å². The first-order chi connectivity index (χ1) is 14.3. The van der Waals surface area contributed by atoms with E-state index in [9.17, 15) is 0 Å². The SMILES string of the molecule is CCn1c(SCc2csc(-c3ccc4c(c3)OCO4)n2)nnc1-c1ccncc1. The molecule has 0 unspecified atom stereocenters. The number of thiazole rings is 1. The average molecular weight is 424 g/mol. The number of hydrogen-bond donors (Lipinski definition) is 0. The second-order valence-electron chi connectivity index (χ2n) is 6.29. The van der Waals surface area contributed by atoms with E-state index in [0.717, 1.165) is 56.6 Å². The molecule has 0 saturated carbocycles. The van der Waals surface area contributed by atoms with Crippen LogP contribution in [0.4, 0.5) is 0 Å². The summed E-state index contributed by atoms with van der Waals surface area (Å²) in [5.41, 5.74) is 3.07. The maximum Gasteiger partial charge on any atom is 0.231 e. The third-order valence-electron chi connectivity index (χ3n) is 4.49. The zero-order chi connectivity index (χ0) is 19.6. The van der Waals surface area contributed by atoms with Gasteiger partial charge in [-0.1, -0.05) is 11.8 Å². The summed E-state index contributed by atoms with van der Waals surface area (Å²) in [5, 5.41) is 12.7. The second kappa shape index (κ2) is 7.84. The van der Waals surface area contributed by atoms with Crippen LogP contribution in [-0.4, -0.2) is 31.5 Å². The number of pyridine rings is 1. The first-order valence-corrected chi connectivity index (χ1v) is 11.0. The number of fused-ring (bicyclic) bond motifs is 1. The topological polar surface area (TPSA) is 75.0 Å². The van der Waals surface area contributed by atoms with Gasteiger partial charge in [-0.05, 0) is 37.3 Å². The maximum atomic E-state index is 5.47. The standard InChI is InChI=1S/C20H17N5O2S2/c1-2-25-18(13-5-7-21-8-6-13)23-24-20(25)29-11-15-10-28-19(22-15)14-3-4-16-17(9-14)27-12-26-16/h3-10H,2,11-12H2,1H3. The molecule has 9 heteroatoms. The van der Waals surface area contributed by atoms with Crippen LogP contribution >= 0.6 is 23.1 Å². The molecule has 0 spiro atoms. The van der Waals surface area contributed by atoms with E-state index in [1.54, 1.807) is 35.5 Å². The van der Waals surface area contributed by atoms with Crippen molar-refractivity contribution in [1.29, 1.82) is 0 Å². The van der Waals surface area contributed by atoms with Crippen LogP contribution < -0.4 is 9.47 Å². The van der Waals surface area contributed by atoms with Crippen molar-refractivity contribution in [1.82, 2.24) is 24.7 Å². The average Bonchev–Trinajstić information content (AvgIpc) is 3.51. The lowest BCUT2D eigenvalue weighted by atomic mass is 10.2. The Morgan fingerprint density at radius 1 is 1.07 bits per heavy atom. The molecule has 1 aliphatic rings. The molecule has 0 fully saturated rings. The monoisotopic (exact) mass is 423 g/mol. The number of ether oxygens (including phenoxy) is 2. The smallest absolute Gasteiger partial charge is 0.231 e. The Morgan fingerprint density at radius 2 is 1.93 bits per heavy atom. The lowest BCUT2D eigenvalue weighted by Crippen LogP contribution is -2.00. The van der Waals surface area contributed by atoms with Crippen molar-refractivity contribution in [2.75, 3.05) is 6.79 Å². The number of thioether (sulfide) groups is 1. The Hall–Kier alpha value is -2.91. The largest absolute Gasteiger partial charge is 0.454 e. The van der Waals surface area contributed by atoms with E-state index in [0.29, 0.717) is 0 Å². The molecule has 1 aromatic carbocycles. The van der Waals surface area contributed by atoms with Crippen LogP contribution in [0.1, 0.15) is 12.6 Å². The fraction of sp³-hybridized carbons (Fsp3) is 0.200. The summed E-state index contributed by atoms with van der Waals surface area (Å²) in [7, 11) is 0. The second-order valence-corrected chi connectivity index (χ2v) is 8.09. The molecule has 0 radical (unpaired) electrons. The number of hydrogen-bond acceptors (Lipinski definition) is 8. The molecular weight excluding hydrogens is 406 g/mol. The van der Waals surface area contributed by atoms with Crippen molar-refractivity contribution >= 4 is 23.1 Å². The van der Waals surface area contributed by atoms with Crippen LogP contribution in [0.5, 0.6) is 11.5 Å². The molecule has 4 heterocycles. The predicted octanol–water partition coefficient (Wildman–Crippen LogP) is 4.50. The highest BCUT2D eigenvalue weighted by Gasteiger charge is 2.16. The lowest BCUT2D eigenvalue weighted by Gasteiger charge is -2.06. The zero-order valence-corrected chi connectivity index (χ0v) is 17.2. The van der Waals surface area contributed by atoms with Gasteiger partial charge in [0.1, 0.15) is 5.01 Å². The minimum atomic E-state index is 0.276. The van der Waals surface area contributed by atoms with Crippen LogP contribution in [0.2, 0.25) is 0 Å². The summed E-state index contributed by atoms with van der Waals surface area (Å²) < 4.78 is 13.0. The zero-order valence-electron chi connectivity index (χ0n) is 15.6. The number of aromatic nitrogens is 5. The van der Waals surface area contributed by atoms with Gasteiger partial charge < -0.3 is 14.0 Å². The lowest BCUT2D eigenvalue weighted by molar-refractivity contribution is 0.174. The van der Waals surface area contributed by atoms with E-state index in [4.69, 9.17) is 14.5 Å². The summed E-state index contributed by atoms with van der Waals surface area (Å²) in [6.45, 7) is 3.17. The van der Waals surface area contributed by atoms with Gasteiger partial charge >= 0.3 is 0 Å². The summed E-state index contributed by atoms with van der Waals surface area (Å²) in [6.07, 6.45) is 3.54. The molecule has 7 nitrogen and oxygen atoms in total. The molecule has 5 rings (SSSR count). The Labute approximate surface area is 175 Å². The third-order valence-corrected chi connectivity index (χ3v) is 6.43. The van der Waals surface area contributed by atoms with E-state index in [-0.39, 0.29) is 6.79 Å². The summed E-state index contributed by atoms with van der Waals surface area (Å²) in [4.78, 5) is 8.85. The minimum Gasteiger partial charge on any atom is -0.454 e. The normalized spacial score (nSPS) is 12.4. The fourth-order valence-electron chi connectivity index (χ4n) is 3.07. The van der Waals surface area contributed by atoms with Gasteiger partial charge in [0.15, 0.2) is 22.5 Å². The van der Waals surface area contributed by atoms with Gasteiger partial charge in [0.05, 0.1) is 5.69 Å². The Kier molecular flexibility index (Phi) is 4.91. The van der Waals surface area contributed by atoms with Crippen molar-refractivity contribution in [2.45, 2.75) is 24.4 Å². The number of rotatable bonds is 6. The molecule has 146 valence electrons. The Bertz CT molecular complexity index is 1140. The third kappa shape index (κ3) is 3.58. The highest BCUT2D eigenvalue weighted by molar-refractivity contribution is 7.98. The molecule has 0 atom stereocenters. The highest BCUT2D eigenvalue weighted by Crippen LogP contribution is 2.37. The van der Waals surface area contributed by atoms with Crippen LogP contribution in [-0.2, 0) is 12.3 Å². The summed E-state index contributed by atoms with van der Waals surface area (Å²) in [6, 6.07) is 9.81. The fourth-order valence-corrected chi connectivity index (χ4v) is 4.89. The molecule has 0 amide bonds. The first-order valence-electron chi connectivity index (χ1n) is 9.12. The van der Waals surface area contributed by atoms with Crippen LogP contribution in [0.3, 0.4) is 0 Å². The van der Waals surface area contributed by atoms with E-state index in [1.807, 2.05) is 30.3 Å².